The molecule has 0 saturated heterocycles. The molecule has 5 nitrogen and oxygen atoms in total. The minimum absolute atomic E-state index is 0.129. The van der Waals surface area contributed by atoms with E-state index in [2.05, 4.69) is 10.7 Å². The number of aliphatic hydroxyl groups is 1. The number of carbonyl (C=O) groups is 1. The number of amides is 1. The second kappa shape index (κ2) is 7.49. The topological polar surface area (TPSA) is 67.8 Å². The summed E-state index contributed by atoms with van der Waals surface area (Å²) in [6, 6.07) is 13.2. The fourth-order valence-corrected chi connectivity index (χ4v) is 4.37. The van der Waals surface area contributed by atoms with Crippen LogP contribution in [0.1, 0.15) is 11.0 Å². The first-order valence-electron chi connectivity index (χ1n) is 8.17. The maximum absolute atomic E-state index is 12.3. The van der Waals surface area contributed by atoms with E-state index in [4.69, 9.17) is 9.47 Å². The Kier molecular flexibility index (Phi) is 4.92. The van der Waals surface area contributed by atoms with Crippen molar-refractivity contribution < 1.29 is 19.4 Å². The molecule has 2 aromatic heterocycles. The molecule has 1 aromatic carbocycles. The Labute approximate surface area is 158 Å². The lowest BCUT2D eigenvalue weighted by Gasteiger charge is -2.25. The Hall–Kier alpha value is -2.35. The molecule has 7 heteroatoms. The standard InChI is InChI=1S/C19H17NO4S2/c21-13(18-6-5-17(26-18)12-7-8-25-11-12)9-20-19(22)16-10-23-14-3-1-2-4-15(14)24-16/h1-8,11,13,16,21H,9-10H2,(H,20,22). The molecule has 1 aliphatic rings. The number of hydrogen-bond acceptors (Lipinski definition) is 6. The van der Waals surface area contributed by atoms with E-state index in [1.54, 1.807) is 23.5 Å². The number of nitrogens with one attached hydrogen (secondary N) is 1. The summed E-state index contributed by atoms with van der Waals surface area (Å²) in [7, 11) is 0. The number of hydrogen-bond donors (Lipinski definition) is 2. The largest absolute Gasteiger partial charge is 0.485 e. The van der Waals surface area contributed by atoms with Crippen LogP contribution in [0.5, 0.6) is 11.5 Å². The third-order valence-corrected chi connectivity index (χ3v) is 5.95. The van der Waals surface area contributed by atoms with Crippen molar-refractivity contribution in [3.63, 3.8) is 0 Å². The second-order valence-electron chi connectivity index (χ2n) is 5.84. The number of aliphatic hydroxyl groups excluding tert-OH is 1. The first-order valence-corrected chi connectivity index (χ1v) is 9.93. The van der Waals surface area contributed by atoms with Gasteiger partial charge in [0, 0.05) is 21.9 Å². The highest BCUT2D eigenvalue weighted by molar-refractivity contribution is 7.16. The molecular formula is C19H17NO4S2. The van der Waals surface area contributed by atoms with Gasteiger partial charge in [-0.1, -0.05) is 12.1 Å². The van der Waals surface area contributed by atoms with Gasteiger partial charge in [0.1, 0.15) is 12.7 Å². The number of fused-ring (bicyclic) bond motifs is 1. The summed E-state index contributed by atoms with van der Waals surface area (Å²) in [5, 5.41) is 17.2. The van der Waals surface area contributed by atoms with Crippen molar-refractivity contribution in [2.24, 2.45) is 0 Å². The Morgan fingerprint density at radius 1 is 1.23 bits per heavy atom. The first kappa shape index (κ1) is 17.1. The average molecular weight is 387 g/mol. The van der Waals surface area contributed by atoms with Gasteiger partial charge < -0.3 is 19.9 Å². The Balaban J connectivity index is 1.33. The van der Waals surface area contributed by atoms with E-state index in [1.807, 2.05) is 35.7 Å². The maximum atomic E-state index is 12.3. The second-order valence-corrected chi connectivity index (χ2v) is 7.73. The van der Waals surface area contributed by atoms with E-state index >= 15 is 0 Å². The van der Waals surface area contributed by atoms with Crippen molar-refractivity contribution in [1.82, 2.24) is 5.32 Å². The van der Waals surface area contributed by atoms with Crippen LogP contribution in [0.4, 0.5) is 0 Å². The summed E-state index contributed by atoms with van der Waals surface area (Å²) in [4.78, 5) is 14.2. The van der Waals surface area contributed by atoms with Crippen molar-refractivity contribution in [2.75, 3.05) is 13.2 Å². The summed E-state index contributed by atoms with van der Waals surface area (Å²) >= 11 is 3.16. The van der Waals surface area contributed by atoms with Crippen LogP contribution in [0.25, 0.3) is 10.4 Å². The molecule has 0 spiro atoms. The molecule has 0 bridgehead atoms. The number of ether oxygens (including phenoxy) is 2. The number of thiophene rings is 2. The van der Waals surface area contributed by atoms with E-state index in [-0.39, 0.29) is 19.1 Å². The molecule has 2 N–H and O–H groups in total. The normalized spacial score (nSPS) is 16.9. The van der Waals surface area contributed by atoms with Crippen LogP contribution in [0.3, 0.4) is 0 Å². The quantitative estimate of drug-likeness (QED) is 0.704. The van der Waals surface area contributed by atoms with Gasteiger partial charge in [-0.3, -0.25) is 4.79 Å². The first-order chi connectivity index (χ1) is 12.7. The van der Waals surface area contributed by atoms with Crippen LogP contribution >= 0.6 is 22.7 Å². The molecular weight excluding hydrogens is 370 g/mol. The predicted octanol–water partition coefficient (Wildman–Crippen LogP) is 3.47. The van der Waals surface area contributed by atoms with Gasteiger partial charge in [-0.25, -0.2) is 0 Å². The van der Waals surface area contributed by atoms with Crippen LogP contribution in [0.15, 0.2) is 53.2 Å². The van der Waals surface area contributed by atoms with Crippen LogP contribution < -0.4 is 14.8 Å². The molecule has 2 unspecified atom stereocenters. The maximum Gasteiger partial charge on any atom is 0.264 e. The zero-order valence-electron chi connectivity index (χ0n) is 13.8. The summed E-state index contributed by atoms with van der Waals surface area (Å²) in [6.45, 7) is 0.282. The summed E-state index contributed by atoms with van der Waals surface area (Å²) in [5.41, 5.74) is 1.15. The number of carbonyl (C=O) groups excluding carboxylic acids is 1. The van der Waals surface area contributed by atoms with Gasteiger partial charge in [0.25, 0.3) is 5.91 Å². The lowest BCUT2D eigenvalue weighted by atomic mass is 10.2. The molecule has 1 aliphatic heterocycles. The van der Waals surface area contributed by atoms with Crippen molar-refractivity contribution >= 4 is 28.6 Å². The number of benzene rings is 1. The molecule has 1 amide bonds. The molecule has 0 fully saturated rings. The third kappa shape index (κ3) is 3.60. The van der Waals surface area contributed by atoms with E-state index in [0.717, 1.165) is 15.3 Å². The van der Waals surface area contributed by atoms with Crippen molar-refractivity contribution in [1.29, 1.82) is 0 Å². The molecule has 0 aliphatic carbocycles. The Morgan fingerprint density at radius 2 is 2.08 bits per heavy atom. The highest BCUT2D eigenvalue weighted by Crippen LogP contribution is 2.33. The van der Waals surface area contributed by atoms with Gasteiger partial charge in [-0.05, 0) is 41.1 Å². The molecule has 3 aromatic rings. The minimum Gasteiger partial charge on any atom is -0.485 e. The number of rotatable bonds is 5. The van der Waals surface area contributed by atoms with Gasteiger partial charge in [-0.2, -0.15) is 11.3 Å². The van der Waals surface area contributed by atoms with E-state index in [9.17, 15) is 9.90 Å². The SMILES string of the molecule is O=C(NCC(O)c1ccc(-c2ccsc2)s1)C1COc2ccccc2O1. The zero-order chi connectivity index (χ0) is 17.9. The summed E-state index contributed by atoms with van der Waals surface area (Å²) in [5.74, 6) is 0.891. The molecule has 0 radical (unpaired) electrons. The van der Waals surface area contributed by atoms with E-state index in [1.165, 1.54) is 11.3 Å². The fourth-order valence-electron chi connectivity index (χ4n) is 2.65. The van der Waals surface area contributed by atoms with Crippen LogP contribution in [0.2, 0.25) is 0 Å². The monoisotopic (exact) mass is 387 g/mol. The molecule has 0 saturated carbocycles. The highest BCUT2D eigenvalue weighted by atomic mass is 32.1. The van der Waals surface area contributed by atoms with Crippen molar-refractivity contribution in [3.05, 3.63) is 58.1 Å². The van der Waals surface area contributed by atoms with Gasteiger partial charge >= 0.3 is 0 Å². The molecule has 134 valence electrons. The van der Waals surface area contributed by atoms with Gasteiger partial charge in [0.15, 0.2) is 11.5 Å². The van der Waals surface area contributed by atoms with Crippen LogP contribution in [-0.4, -0.2) is 30.3 Å². The average Bonchev–Trinajstić information content (AvgIpc) is 3.36. The van der Waals surface area contributed by atoms with Gasteiger partial charge in [0.05, 0.1) is 0 Å². The highest BCUT2D eigenvalue weighted by Gasteiger charge is 2.27. The zero-order valence-corrected chi connectivity index (χ0v) is 15.4. The summed E-state index contributed by atoms with van der Waals surface area (Å²) < 4.78 is 11.2. The van der Waals surface area contributed by atoms with E-state index < -0.39 is 12.2 Å². The van der Waals surface area contributed by atoms with Crippen molar-refractivity contribution in [3.8, 4) is 21.9 Å². The molecule has 2 atom stereocenters. The summed E-state index contributed by atoms with van der Waals surface area (Å²) in [6.07, 6.45) is -1.48. The lowest BCUT2D eigenvalue weighted by molar-refractivity contribution is -0.130. The third-order valence-electron chi connectivity index (χ3n) is 4.03. The minimum atomic E-state index is -0.756. The molecule has 26 heavy (non-hydrogen) atoms. The van der Waals surface area contributed by atoms with E-state index in [0.29, 0.717) is 11.5 Å². The van der Waals surface area contributed by atoms with Gasteiger partial charge in [-0.15, -0.1) is 11.3 Å². The Morgan fingerprint density at radius 3 is 2.88 bits per heavy atom. The smallest absolute Gasteiger partial charge is 0.264 e. The van der Waals surface area contributed by atoms with Crippen molar-refractivity contribution in [2.45, 2.75) is 12.2 Å². The van der Waals surface area contributed by atoms with Crippen LogP contribution in [-0.2, 0) is 4.79 Å². The predicted molar refractivity (Wildman–Crippen MR) is 102 cm³/mol. The van der Waals surface area contributed by atoms with Gasteiger partial charge in [0.2, 0.25) is 6.10 Å². The fraction of sp³-hybridized carbons (Fsp3) is 0.211. The Bertz CT molecular complexity index is 891. The number of para-hydroxylation sites is 2. The lowest BCUT2D eigenvalue weighted by Crippen LogP contribution is -2.45. The molecule has 4 rings (SSSR count). The van der Waals surface area contributed by atoms with Crippen LogP contribution in [0, 0.1) is 0 Å². The molecule has 3 heterocycles.